The van der Waals surface area contributed by atoms with Crippen molar-refractivity contribution in [3.63, 3.8) is 0 Å². The molecule has 0 spiro atoms. The van der Waals surface area contributed by atoms with Crippen LogP contribution in [0, 0.1) is 10.1 Å². The van der Waals surface area contributed by atoms with Crippen molar-refractivity contribution in [3.8, 4) is 0 Å². The van der Waals surface area contributed by atoms with Crippen molar-refractivity contribution in [1.29, 1.82) is 0 Å². The largest absolute Gasteiger partial charge is 0.363 e. The molecule has 3 rings (SSSR count). The molecule has 0 fully saturated rings. The van der Waals surface area contributed by atoms with E-state index in [4.69, 9.17) is 0 Å². The van der Waals surface area contributed by atoms with Gasteiger partial charge in [0.1, 0.15) is 4.60 Å². The third-order valence-electron chi connectivity index (χ3n) is 2.95. The number of aromatic nitrogens is 3. The summed E-state index contributed by atoms with van der Waals surface area (Å²) in [5, 5.41) is 13.8. The molecule has 2 aromatic heterocycles. The molecule has 0 aliphatic rings. The minimum Gasteiger partial charge on any atom is -0.363 e. The first-order chi connectivity index (χ1) is 10.1. The van der Waals surface area contributed by atoms with E-state index in [0.717, 1.165) is 11.2 Å². The van der Waals surface area contributed by atoms with Crippen LogP contribution in [0.3, 0.4) is 0 Å². The molecule has 2 heterocycles. The number of nitro groups is 1. The number of halogens is 1. The van der Waals surface area contributed by atoms with Gasteiger partial charge in [0.25, 0.3) is 5.69 Å². The number of nitrogens with one attached hydrogen (secondary N) is 1. The monoisotopic (exact) mass is 347 g/mol. The maximum absolute atomic E-state index is 10.6. The van der Waals surface area contributed by atoms with E-state index in [0.29, 0.717) is 17.0 Å². The van der Waals surface area contributed by atoms with E-state index in [1.807, 2.05) is 16.8 Å². The minimum absolute atomic E-state index is 0.0787. The lowest BCUT2D eigenvalue weighted by atomic mass is 10.2. The Morgan fingerprint density at radius 2 is 2.10 bits per heavy atom. The summed E-state index contributed by atoms with van der Waals surface area (Å²) in [6.07, 6.45) is 5.35. The molecule has 0 radical (unpaired) electrons. The maximum Gasteiger partial charge on any atom is 0.269 e. The number of rotatable bonds is 4. The van der Waals surface area contributed by atoms with Crippen molar-refractivity contribution >= 4 is 33.1 Å². The van der Waals surface area contributed by atoms with E-state index in [9.17, 15) is 10.1 Å². The second-order valence-electron chi connectivity index (χ2n) is 4.35. The lowest BCUT2D eigenvalue weighted by molar-refractivity contribution is -0.384. The van der Waals surface area contributed by atoms with E-state index in [-0.39, 0.29) is 5.69 Å². The molecule has 0 amide bonds. The second-order valence-corrected chi connectivity index (χ2v) is 5.16. The van der Waals surface area contributed by atoms with Gasteiger partial charge in [-0.05, 0) is 21.5 Å². The van der Waals surface area contributed by atoms with Gasteiger partial charge in [-0.1, -0.05) is 12.1 Å². The van der Waals surface area contributed by atoms with Gasteiger partial charge >= 0.3 is 0 Å². The highest BCUT2D eigenvalue weighted by molar-refractivity contribution is 9.10. The molecule has 1 aromatic carbocycles. The Balaban J connectivity index is 1.80. The van der Waals surface area contributed by atoms with Gasteiger partial charge in [0, 0.05) is 37.3 Å². The Bertz CT molecular complexity index is 800. The van der Waals surface area contributed by atoms with Gasteiger partial charge in [-0.3, -0.25) is 10.1 Å². The lowest BCUT2D eigenvalue weighted by Gasteiger charge is -2.07. The number of nitrogens with zero attached hydrogens (tertiary/aromatic N) is 4. The molecule has 21 heavy (non-hydrogen) atoms. The van der Waals surface area contributed by atoms with E-state index in [2.05, 4.69) is 31.2 Å². The number of imidazole rings is 1. The molecule has 1 N–H and O–H groups in total. The molecule has 0 bridgehead atoms. The van der Waals surface area contributed by atoms with Gasteiger partial charge in [0.2, 0.25) is 0 Å². The number of non-ortho nitro benzene ring substituents is 1. The van der Waals surface area contributed by atoms with Crippen LogP contribution in [0.25, 0.3) is 5.65 Å². The summed E-state index contributed by atoms with van der Waals surface area (Å²) in [5.74, 6) is 0.646. The molecule has 0 saturated heterocycles. The van der Waals surface area contributed by atoms with Crippen molar-refractivity contribution in [2.45, 2.75) is 6.54 Å². The van der Waals surface area contributed by atoms with Crippen molar-refractivity contribution in [2.75, 3.05) is 5.32 Å². The highest BCUT2D eigenvalue weighted by Crippen LogP contribution is 2.18. The van der Waals surface area contributed by atoms with Crippen LogP contribution in [-0.4, -0.2) is 19.3 Å². The average Bonchev–Trinajstić information content (AvgIpc) is 2.93. The SMILES string of the molecule is O=[N+]([O-])c1ccc(CNc2nc(Br)cn3ccnc23)cc1. The number of hydrogen-bond acceptors (Lipinski definition) is 5. The van der Waals surface area contributed by atoms with Crippen LogP contribution in [-0.2, 0) is 6.54 Å². The Morgan fingerprint density at radius 3 is 2.81 bits per heavy atom. The van der Waals surface area contributed by atoms with Gasteiger partial charge in [-0.15, -0.1) is 0 Å². The zero-order valence-corrected chi connectivity index (χ0v) is 12.3. The number of anilines is 1. The van der Waals surface area contributed by atoms with Gasteiger partial charge < -0.3 is 9.72 Å². The molecule has 3 aromatic rings. The van der Waals surface area contributed by atoms with Crippen LogP contribution in [0.5, 0.6) is 0 Å². The number of fused-ring (bicyclic) bond motifs is 1. The highest BCUT2D eigenvalue weighted by atomic mass is 79.9. The Hall–Kier alpha value is -2.48. The molecule has 0 unspecified atom stereocenters. The van der Waals surface area contributed by atoms with Gasteiger partial charge in [0.05, 0.1) is 4.92 Å². The van der Waals surface area contributed by atoms with Crippen LogP contribution >= 0.6 is 15.9 Å². The van der Waals surface area contributed by atoms with E-state index in [1.54, 1.807) is 18.3 Å². The van der Waals surface area contributed by atoms with Crippen molar-refractivity contribution in [2.24, 2.45) is 0 Å². The van der Waals surface area contributed by atoms with E-state index < -0.39 is 4.92 Å². The summed E-state index contributed by atoms with van der Waals surface area (Å²) in [7, 11) is 0. The predicted molar refractivity (Wildman–Crippen MR) is 81.1 cm³/mol. The molecule has 0 atom stereocenters. The van der Waals surface area contributed by atoms with Gasteiger partial charge in [-0.25, -0.2) is 9.97 Å². The third kappa shape index (κ3) is 2.84. The smallest absolute Gasteiger partial charge is 0.269 e. The second kappa shape index (κ2) is 5.49. The summed E-state index contributed by atoms with van der Waals surface area (Å²) < 4.78 is 2.55. The van der Waals surface area contributed by atoms with Crippen molar-refractivity contribution in [1.82, 2.24) is 14.4 Å². The van der Waals surface area contributed by atoms with Crippen molar-refractivity contribution < 1.29 is 4.92 Å². The Labute approximate surface area is 127 Å². The predicted octanol–water partition coefficient (Wildman–Crippen LogP) is 3.01. The fourth-order valence-corrected chi connectivity index (χ4v) is 2.34. The van der Waals surface area contributed by atoms with Crippen LogP contribution in [0.1, 0.15) is 5.56 Å². The summed E-state index contributed by atoms with van der Waals surface area (Å²) in [4.78, 5) is 18.8. The van der Waals surface area contributed by atoms with Crippen LogP contribution < -0.4 is 5.32 Å². The maximum atomic E-state index is 10.6. The third-order valence-corrected chi connectivity index (χ3v) is 3.33. The standard InChI is InChI=1S/C13H10BrN5O2/c14-11-8-18-6-5-15-13(18)12(17-11)16-7-9-1-3-10(4-2-9)19(20)21/h1-6,8H,7H2,(H,16,17). The van der Waals surface area contributed by atoms with Crippen molar-refractivity contribution in [3.05, 3.63) is 63.1 Å². The molecular weight excluding hydrogens is 338 g/mol. The fraction of sp³-hybridized carbons (Fsp3) is 0.0769. The minimum atomic E-state index is -0.416. The topological polar surface area (TPSA) is 85.4 Å². The quantitative estimate of drug-likeness (QED) is 0.579. The van der Waals surface area contributed by atoms with E-state index in [1.165, 1.54) is 12.1 Å². The Morgan fingerprint density at radius 1 is 1.33 bits per heavy atom. The summed E-state index contributed by atoms with van der Waals surface area (Å²) >= 11 is 3.34. The Kier molecular flexibility index (Phi) is 3.53. The fourth-order valence-electron chi connectivity index (χ4n) is 1.94. The molecule has 0 aliphatic carbocycles. The van der Waals surface area contributed by atoms with Gasteiger partial charge in [-0.2, -0.15) is 0 Å². The number of hydrogen-bond donors (Lipinski definition) is 1. The lowest BCUT2D eigenvalue weighted by Crippen LogP contribution is -2.04. The molecular formula is C13H10BrN5O2. The zero-order chi connectivity index (χ0) is 14.8. The van der Waals surface area contributed by atoms with Crippen LogP contribution in [0.15, 0.2) is 47.5 Å². The normalized spacial score (nSPS) is 10.7. The molecule has 8 heteroatoms. The first-order valence-corrected chi connectivity index (χ1v) is 6.89. The van der Waals surface area contributed by atoms with Crippen LogP contribution in [0.2, 0.25) is 0 Å². The van der Waals surface area contributed by atoms with Gasteiger partial charge in [0.15, 0.2) is 11.5 Å². The molecule has 106 valence electrons. The summed E-state index contributed by atoms with van der Waals surface area (Å²) in [6, 6.07) is 6.39. The first-order valence-electron chi connectivity index (χ1n) is 6.10. The highest BCUT2D eigenvalue weighted by Gasteiger charge is 2.07. The number of benzene rings is 1. The average molecular weight is 348 g/mol. The van der Waals surface area contributed by atoms with Crippen LogP contribution in [0.4, 0.5) is 11.5 Å². The molecule has 7 nitrogen and oxygen atoms in total. The summed E-state index contributed by atoms with van der Waals surface area (Å²) in [6.45, 7) is 0.504. The molecule has 0 saturated carbocycles. The zero-order valence-electron chi connectivity index (χ0n) is 10.7. The molecule has 0 aliphatic heterocycles. The first kappa shape index (κ1) is 13.5. The number of nitro benzene ring substituents is 1. The summed E-state index contributed by atoms with van der Waals surface area (Å²) in [5.41, 5.74) is 1.72. The van der Waals surface area contributed by atoms with E-state index >= 15 is 0 Å².